The Bertz CT molecular complexity index is 328. The predicted molar refractivity (Wildman–Crippen MR) is 70.1 cm³/mol. The summed E-state index contributed by atoms with van der Waals surface area (Å²) in [5, 5.41) is 3.37. The third-order valence-electron chi connectivity index (χ3n) is 3.05. The average molecular weight is 234 g/mol. The first kappa shape index (κ1) is 12.3. The van der Waals surface area contributed by atoms with Crippen molar-refractivity contribution in [3.8, 4) is 0 Å². The molecule has 1 N–H and O–H groups in total. The monoisotopic (exact) mass is 234 g/mol. The standard InChI is InChI=1S/C13H22N4/c1-11(2)14-8-12-9-15-13(16-10-12)17-6-4-3-5-7-17/h9-11,14H,3-8H2,1-2H3. The van der Waals surface area contributed by atoms with Gasteiger partial charge < -0.3 is 10.2 Å². The number of aromatic nitrogens is 2. The highest BCUT2D eigenvalue weighted by Gasteiger charge is 2.12. The summed E-state index contributed by atoms with van der Waals surface area (Å²) < 4.78 is 0. The third kappa shape index (κ3) is 3.66. The molecule has 4 nitrogen and oxygen atoms in total. The van der Waals surface area contributed by atoms with Gasteiger partial charge in [0.05, 0.1) is 0 Å². The van der Waals surface area contributed by atoms with Crippen LogP contribution in [0.5, 0.6) is 0 Å². The van der Waals surface area contributed by atoms with Crippen molar-refractivity contribution in [1.29, 1.82) is 0 Å². The maximum absolute atomic E-state index is 4.46. The molecular formula is C13H22N4. The first-order valence-electron chi connectivity index (χ1n) is 6.55. The lowest BCUT2D eigenvalue weighted by Crippen LogP contribution is -2.31. The molecule has 0 atom stereocenters. The van der Waals surface area contributed by atoms with E-state index in [4.69, 9.17) is 0 Å². The van der Waals surface area contributed by atoms with Crippen molar-refractivity contribution in [2.24, 2.45) is 0 Å². The number of piperidine rings is 1. The van der Waals surface area contributed by atoms with Crippen LogP contribution in [0.15, 0.2) is 12.4 Å². The van der Waals surface area contributed by atoms with Gasteiger partial charge in [0.25, 0.3) is 0 Å². The minimum Gasteiger partial charge on any atom is -0.341 e. The summed E-state index contributed by atoms with van der Waals surface area (Å²) in [6.07, 6.45) is 7.74. The number of nitrogens with one attached hydrogen (secondary N) is 1. The summed E-state index contributed by atoms with van der Waals surface area (Å²) in [7, 11) is 0. The molecule has 94 valence electrons. The average Bonchev–Trinajstić information content (AvgIpc) is 2.38. The molecule has 0 radical (unpaired) electrons. The Labute approximate surface area is 103 Å². The zero-order valence-electron chi connectivity index (χ0n) is 10.8. The van der Waals surface area contributed by atoms with E-state index >= 15 is 0 Å². The van der Waals surface area contributed by atoms with E-state index in [9.17, 15) is 0 Å². The van der Waals surface area contributed by atoms with Crippen molar-refractivity contribution >= 4 is 5.95 Å². The minimum atomic E-state index is 0.497. The van der Waals surface area contributed by atoms with Crippen LogP contribution in [0.2, 0.25) is 0 Å². The summed E-state index contributed by atoms with van der Waals surface area (Å²) in [5.74, 6) is 0.887. The van der Waals surface area contributed by atoms with Gasteiger partial charge in [-0.2, -0.15) is 0 Å². The van der Waals surface area contributed by atoms with E-state index in [1.165, 1.54) is 19.3 Å². The van der Waals surface area contributed by atoms with Crippen LogP contribution in [0.25, 0.3) is 0 Å². The summed E-state index contributed by atoms with van der Waals surface area (Å²) >= 11 is 0. The minimum absolute atomic E-state index is 0.497. The van der Waals surface area contributed by atoms with Gasteiger partial charge in [0.15, 0.2) is 0 Å². The lowest BCUT2D eigenvalue weighted by Gasteiger charge is -2.26. The van der Waals surface area contributed by atoms with E-state index in [1.807, 2.05) is 12.4 Å². The van der Waals surface area contributed by atoms with E-state index < -0.39 is 0 Å². The van der Waals surface area contributed by atoms with Gasteiger partial charge in [-0.05, 0) is 19.3 Å². The van der Waals surface area contributed by atoms with Gasteiger partial charge >= 0.3 is 0 Å². The SMILES string of the molecule is CC(C)NCc1cnc(N2CCCCC2)nc1. The molecule has 1 aromatic rings. The van der Waals surface area contributed by atoms with Crippen LogP contribution < -0.4 is 10.2 Å². The molecule has 2 heterocycles. The molecule has 0 saturated carbocycles. The summed E-state index contributed by atoms with van der Waals surface area (Å²) in [4.78, 5) is 11.2. The third-order valence-corrected chi connectivity index (χ3v) is 3.05. The first-order valence-corrected chi connectivity index (χ1v) is 6.55. The Kier molecular flexibility index (Phi) is 4.31. The van der Waals surface area contributed by atoms with Gasteiger partial charge in [0.2, 0.25) is 5.95 Å². The van der Waals surface area contributed by atoms with E-state index in [0.717, 1.165) is 31.1 Å². The Morgan fingerprint density at radius 1 is 1.18 bits per heavy atom. The Morgan fingerprint density at radius 2 is 1.82 bits per heavy atom. The molecule has 0 aliphatic carbocycles. The number of hydrogen-bond donors (Lipinski definition) is 1. The van der Waals surface area contributed by atoms with Gasteiger partial charge in [0.1, 0.15) is 0 Å². The van der Waals surface area contributed by atoms with Crippen molar-refractivity contribution < 1.29 is 0 Å². The van der Waals surface area contributed by atoms with Gasteiger partial charge in [-0.1, -0.05) is 13.8 Å². The van der Waals surface area contributed by atoms with Crippen LogP contribution in [0.1, 0.15) is 38.7 Å². The summed E-state index contributed by atoms with van der Waals surface area (Å²) in [6.45, 7) is 7.33. The molecule has 0 amide bonds. The Balaban J connectivity index is 1.92. The zero-order valence-corrected chi connectivity index (χ0v) is 10.8. The summed E-state index contributed by atoms with van der Waals surface area (Å²) in [6, 6.07) is 0.497. The molecule has 17 heavy (non-hydrogen) atoms. The van der Waals surface area contributed by atoms with Crippen molar-refractivity contribution in [3.63, 3.8) is 0 Å². The molecule has 1 aliphatic heterocycles. The fraction of sp³-hybridized carbons (Fsp3) is 0.692. The van der Waals surface area contributed by atoms with Gasteiger partial charge in [-0.15, -0.1) is 0 Å². The second kappa shape index (κ2) is 5.96. The van der Waals surface area contributed by atoms with Crippen molar-refractivity contribution in [1.82, 2.24) is 15.3 Å². The molecular weight excluding hydrogens is 212 g/mol. The normalized spacial score (nSPS) is 16.5. The molecule has 1 aliphatic rings. The van der Waals surface area contributed by atoms with Crippen LogP contribution in [-0.2, 0) is 6.54 Å². The Morgan fingerprint density at radius 3 is 2.41 bits per heavy atom. The maximum Gasteiger partial charge on any atom is 0.225 e. The van der Waals surface area contributed by atoms with E-state index in [0.29, 0.717) is 6.04 Å². The topological polar surface area (TPSA) is 41.1 Å². The van der Waals surface area contributed by atoms with Crippen molar-refractivity contribution in [3.05, 3.63) is 18.0 Å². The van der Waals surface area contributed by atoms with E-state index in [1.54, 1.807) is 0 Å². The quantitative estimate of drug-likeness (QED) is 0.864. The predicted octanol–water partition coefficient (Wildman–Crippen LogP) is 1.96. The van der Waals surface area contributed by atoms with Crippen LogP contribution in [0.3, 0.4) is 0 Å². The van der Waals surface area contributed by atoms with Crippen LogP contribution in [-0.4, -0.2) is 29.1 Å². The van der Waals surface area contributed by atoms with Crippen LogP contribution in [0.4, 0.5) is 5.95 Å². The summed E-state index contributed by atoms with van der Waals surface area (Å²) in [5.41, 5.74) is 1.15. The molecule has 0 unspecified atom stereocenters. The fourth-order valence-electron chi connectivity index (χ4n) is 2.02. The largest absolute Gasteiger partial charge is 0.341 e. The lowest BCUT2D eigenvalue weighted by molar-refractivity contribution is 0.565. The van der Waals surface area contributed by atoms with Gasteiger partial charge in [-0.25, -0.2) is 9.97 Å². The molecule has 1 fully saturated rings. The maximum atomic E-state index is 4.46. The van der Waals surface area contributed by atoms with Gasteiger partial charge in [-0.3, -0.25) is 0 Å². The molecule has 0 aromatic carbocycles. The Hall–Kier alpha value is -1.16. The van der Waals surface area contributed by atoms with Gasteiger partial charge in [0, 0.05) is 43.6 Å². The molecule has 4 heteroatoms. The molecule has 1 aromatic heterocycles. The second-order valence-corrected chi connectivity index (χ2v) is 4.97. The highest BCUT2D eigenvalue weighted by molar-refractivity contribution is 5.30. The molecule has 0 spiro atoms. The number of rotatable bonds is 4. The highest BCUT2D eigenvalue weighted by atomic mass is 15.2. The van der Waals surface area contributed by atoms with E-state index in [-0.39, 0.29) is 0 Å². The van der Waals surface area contributed by atoms with Crippen molar-refractivity contribution in [2.45, 2.75) is 45.7 Å². The fourth-order valence-corrected chi connectivity index (χ4v) is 2.02. The number of anilines is 1. The van der Waals surface area contributed by atoms with E-state index in [2.05, 4.69) is 34.0 Å². The molecule has 0 bridgehead atoms. The van der Waals surface area contributed by atoms with Crippen LogP contribution >= 0.6 is 0 Å². The highest BCUT2D eigenvalue weighted by Crippen LogP contribution is 2.14. The number of nitrogens with zero attached hydrogens (tertiary/aromatic N) is 3. The molecule has 1 saturated heterocycles. The first-order chi connectivity index (χ1) is 8.25. The zero-order chi connectivity index (χ0) is 12.1. The second-order valence-electron chi connectivity index (χ2n) is 4.97. The van der Waals surface area contributed by atoms with Crippen molar-refractivity contribution in [2.75, 3.05) is 18.0 Å². The van der Waals surface area contributed by atoms with Crippen LogP contribution in [0, 0.1) is 0 Å². The molecule has 2 rings (SSSR count). The smallest absolute Gasteiger partial charge is 0.225 e. The number of hydrogen-bond acceptors (Lipinski definition) is 4. The lowest BCUT2D eigenvalue weighted by atomic mass is 10.1.